The predicted molar refractivity (Wildman–Crippen MR) is 139 cm³/mol. The fourth-order valence-corrected chi connectivity index (χ4v) is 5.21. The summed E-state index contributed by atoms with van der Waals surface area (Å²) >= 11 is 0. The van der Waals surface area contributed by atoms with Crippen LogP contribution in [0.15, 0.2) is 24.3 Å². The molecule has 1 fully saturated rings. The molecule has 2 heterocycles. The Kier molecular flexibility index (Phi) is 7.41. The van der Waals surface area contributed by atoms with E-state index in [1.54, 1.807) is 33.1 Å². The first kappa shape index (κ1) is 26.8. The van der Waals surface area contributed by atoms with E-state index in [0.29, 0.717) is 45.6 Å². The number of nitrogen functional groups attached to an aromatic ring is 1. The van der Waals surface area contributed by atoms with Crippen LogP contribution in [0.2, 0.25) is 0 Å². The van der Waals surface area contributed by atoms with E-state index in [1.807, 2.05) is 13.0 Å². The third-order valence-corrected chi connectivity index (χ3v) is 7.12. The van der Waals surface area contributed by atoms with Crippen molar-refractivity contribution in [1.29, 1.82) is 0 Å². The summed E-state index contributed by atoms with van der Waals surface area (Å²) in [5, 5.41) is 3.97. The topological polar surface area (TPSA) is 85.5 Å². The maximum Gasteiger partial charge on any atom is 0.416 e. The molecule has 0 amide bonds. The first-order valence-corrected chi connectivity index (χ1v) is 12.4. The number of rotatable bonds is 7. The minimum absolute atomic E-state index is 0.0524. The largest absolute Gasteiger partial charge is 0.493 e. The highest BCUT2D eigenvalue weighted by atomic mass is 19.4. The lowest BCUT2D eigenvalue weighted by molar-refractivity contribution is -0.138. The molecule has 7 nitrogen and oxygen atoms in total. The first-order valence-electron chi connectivity index (χ1n) is 12.4. The Hall–Kier alpha value is -3.27. The van der Waals surface area contributed by atoms with Gasteiger partial charge < -0.3 is 20.5 Å². The highest BCUT2D eigenvalue weighted by Gasteiger charge is 2.34. The smallest absolute Gasteiger partial charge is 0.416 e. The number of anilines is 2. The molecule has 0 spiro atoms. The molecule has 1 aliphatic heterocycles. The molecule has 0 aliphatic carbocycles. The SMILES string of the molecule is COc1cc2nc(C)nc(N[C@H](C)c3cc(N)cc(C(F)(F)F)c3C)c2cc1O[C@H](C)[C@@H]1CCCN1C. The van der Waals surface area contributed by atoms with Gasteiger partial charge in [-0.25, -0.2) is 9.97 Å². The van der Waals surface area contributed by atoms with E-state index in [4.69, 9.17) is 15.2 Å². The second-order valence-electron chi connectivity index (χ2n) is 9.80. The van der Waals surface area contributed by atoms with E-state index < -0.39 is 17.8 Å². The van der Waals surface area contributed by atoms with Crippen molar-refractivity contribution in [2.24, 2.45) is 0 Å². The van der Waals surface area contributed by atoms with Crippen LogP contribution >= 0.6 is 0 Å². The van der Waals surface area contributed by atoms with Gasteiger partial charge >= 0.3 is 6.18 Å². The van der Waals surface area contributed by atoms with Gasteiger partial charge in [0.05, 0.1) is 24.2 Å². The number of hydrogen-bond acceptors (Lipinski definition) is 7. The molecule has 0 saturated carbocycles. The number of fused-ring (bicyclic) bond motifs is 1. The lowest BCUT2D eigenvalue weighted by Gasteiger charge is -2.27. The van der Waals surface area contributed by atoms with E-state index in [0.717, 1.165) is 25.5 Å². The van der Waals surface area contributed by atoms with Crippen molar-refractivity contribution in [2.45, 2.75) is 64.9 Å². The summed E-state index contributed by atoms with van der Waals surface area (Å²) in [5.41, 5.74) is 6.35. The number of alkyl halides is 3. The van der Waals surface area contributed by atoms with Crippen molar-refractivity contribution in [3.8, 4) is 11.5 Å². The Morgan fingerprint density at radius 1 is 1.11 bits per heavy atom. The molecule has 2 aromatic carbocycles. The number of benzene rings is 2. The third-order valence-electron chi connectivity index (χ3n) is 7.12. The van der Waals surface area contributed by atoms with Crippen LogP contribution in [0.1, 0.15) is 55.2 Å². The Morgan fingerprint density at radius 2 is 1.84 bits per heavy atom. The van der Waals surface area contributed by atoms with E-state index in [2.05, 4.69) is 27.2 Å². The normalized spacial score (nSPS) is 18.1. The molecule has 0 bridgehead atoms. The lowest BCUT2D eigenvalue weighted by Crippen LogP contribution is -2.38. The van der Waals surface area contributed by atoms with Gasteiger partial charge in [-0.05, 0) is 83.5 Å². The van der Waals surface area contributed by atoms with Crippen LogP contribution in [0.5, 0.6) is 11.5 Å². The van der Waals surface area contributed by atoms with Crippen molar-refractivity contribution in [1.82, 2.24) is 14.9 Å². The number of ether oxygens (including phenoxy) is 2. The number of hydrogen-bond donors (Lipinski definition) is 2. The number of nitrogens with one attached hydrogen (secondary N) is 1. The molecule has 1 saturated heterocycles. The zero-order valence-corrected chi connectivity index (χ0v) is 22.0. The molecule has 0 radical (unpaired) electrons. The minimum Gasteiger partial charge on any atom is -0.493 e. The quantitative estimate of drug-likeness (QED) is 0.378. The van der Waals surface area contributed by atoms with Crippen LogP contribution in [-0.4, -0.2) is 47.7 Å². The Balaban J connectivity index is 1.73. The average Bonchev–Trinajstić information content (AvgIpc) is 3.25. The molecule has 1 aromatic heterocycles. The van der Waals surface area contributed by atoms with E-state index >= 15 is 0 Å². The van der Waals surface area contributed by atoms with Gasteiger partial charge in [-0.2, -0.15) is 13.2 Å². The zero-order valence-electron chi connectivity index (χ0n) is 22.0. The maximum atomic E-state index is 13.6. The van der Waals surface area contributed by atoms with E-state index in [1.165, 1.54) is 6.92 Å². The molecule has 0 unspecified atom stereocenters. The molecule has 1 aliphatic rings. The first-order chi connectivity index (χ1) is 17.4. The monoisotopic (exact) mass is 517 g/mol. The van der Waals surface area contributed by atoms with Crippen molar-refractivity contribution in [3.05, 3.63) is 46.8 Å². The molecule has 3 N–H and O–H groups in total. The van der Waals surface area contributed by atoms with Gasteiger partial charge in [0.2, 0.25) is 0 Å². The van der Waals surface area contributed by atoms with Gasteiger partial charge in [0.1, 0.15) is 17.7 Å². The summed E-state index contributed by atoms with van der Waals surface area (Å²) in [7, 11) is 3.67. The highest BCUT2D eigenvalue weighted by Crippen LogP contribution is 2.39. The van der Waals surface area contributed by atoms with Crippen LogP contribution in [0.25, 0.3) is 10.9 Å². The van der Waals surface area contributed by atoms with Crippen LogP contribution in [-0.2, 0) is 6.18 Å². The number of likely N-dealkylation sites (N-methyl/N-ethyl adjacent to an activating group) is 1. The van der Waals surface area contributed by atoms with Crippen molar-refractivity contribution >= 4 is 22.4 Å². The fraction of sp³-hybridized carbons (Fsp3) is 0.481. The van der Waals surface area contributed by atoms with Crippen molar-refractivity contribution < 1.29 is 22.6 Å². The lowest BCUT2D eigenvalue weighted by atomic mass is 9.96. The van der Waals surface area contributed by atoms with Gasteiger partial charge in [0.15, 0.2) is 11.5 Å². The second-order valence-corrected chi connectivity index (χ2v) is 9.80. The fourth-order valence-electron chi connectivity index (χ4n) is 5.21. The van der Waals surface area contributed by atoms with E-state index in [-0.39, 0.29) is 17.4 Å². The van der Waals surface area contributed by atoms with Gasteiger partial charge in [0, 0.05) is 23.2 Å². The summed E-state index contributed by atoms with van der Waals surface area (Å²) in [4.78, 5) is 11.4. The number of methoxy groups -OCH3 is 1. The third kappa shape index (κ3) is 5.53. The van der Waals surface area contributed by atoms with Crippen LogP contribution in [0.4, 0.5) is 24.7 Å². The summed E-state index contributed by atoms with van der Waals surface area (Å²) < 4.78 is 52.8. The molecule has 37 heavy (non-hydrogen) atoms. The molecule has 3 aromatic rings. The second kappa shape index (κ2) is 10.2. The number of halogens is 3. The number of aromatic nitrogens is 2. The number of likely N-dealkylation sites (tertiary alicyclic amines) is 1. The van der Waals surface area contributed by atoms with Crippen LogP contribution in [0.3, 0.4) is 0 Å². The molecule has 4 rings (SSSR count). The van der Waals surface area contributed by atoms with Crippen molar-refractivity contribution in [3.63, 3.8) is 0 Å². The number of nitrogens with two attached hydrogens (primary N) is 1. The molecule has 200 valence electrons. The summed E-state index contributed by atoms with van der Waals surface area (Å²) in [6, 6.07) is 5.95. The van der Waals surface area contributed by atoms with Gasteiger partial charge in [-0.1, -0.05) is 0 Å². The Labute approximate surface area is 215 Å². The van der Waals surface area contributed by atoms with Crippen LogP contribution < -0.4 is 20.5 Å². The predicted octanol–water partition coefficient (Wildman–Crippen LogP) is 5.89. The van der Waals surface area contributed by atoms with Gasteiger partial charge in [0.25, 0.3) is 0 Å². The van der Waals surface area contributed by atoms with E-state index in [9.17, 15) is 13.2 Å². The number of nitrogens with zero attached hydrogens (tertiary/aromatic N) is 3. The van der Waals surface area contributed by atoms with Gasteiger partial charge in [-0.15, -0.1) is 0 Å². The summed E-state index contributed by atoms with van der Waals surface area (Å²) in [6.45, 7) is 8.08. The Morgan fingerprint density at radius 3 is 2.46 bits per heavy atom. The van der Waals surface area contributed by atoms with Crippen molar-refractivity contribution in [2.75, 3.05) is 31.8 Å². The Bertz CT molecular complexity index is 1300. The summed E-state index contributed by atoms with van der Waals surface area (Å²) in [5.74, 6) is 2.12. The minimum atomic E-state index is -4.50. The van der Waals surface area contributed by atoms with Crippen LogP contribution in [0, 0.1) is 13.8 Å². The van der Waals surface area contributed by atoms with Gasteiger partial charge in [-0.3, -0.25) is 4.90 Å². The number of aryl methyl sites for hydroxylation is 1. The highest BCUT2D eigenvalue weighted by molar-refractivity contribution is 5.92. The molecule has 3 atom stereocenters. The standard InChI is InChI=1S/C27H34F3N5O2/c1-14-19(10-18(31)11-21(14)27(28,29)30)15(2)32-26-20-12-25(37-16(3)23-8-7-9-35(23)5)24(36-6)13-22(20)33-17(4)34-26/h10-13,15-16,23H,7-9,31H2,1-6H3,(H,32,33,34)/t15-,16-,23+/m1/s1. The average molecular weight is 518 g/mol. The zero-order chi connectivity index (χ0) is 27.1. The molecule has 10 heteroatoms. The molecular formula is C27H34F3N5O2. The summed E-state index contributed by atoms with van der Waals surface area (Å²) in [6.07, 6.45) is -2.39. The maximum absolute atomic E-state index is 13.6. The molecular weight excluding hydrogens is 483 g/mol.